The molecular weight excluding hydrogens is 310 g/mol. The van der Waals surface area contributed by atoms with Gasteiger partial charge < -0.3 is 15.5 Å². The van der Waals surface area contributed by atoms with Crippen LogP contribution in [0.5, 0.6) is 0 Å². The standard InChI is InChI=1S/C17H23N3O2S/c21-16(20-10-3-4-11-20)7-9-18-17(22)19-14-8-12-23-15-6-2-1-5-13(14)15/h1-2,5-6,14H,3-4,7-12H2,(H2,18,19,22). The summed E-state index contributed by atoms with van der Waals surface area (Å²) >= 11 is 1.83. The molecule has 23 heavy (non-hydrogen) atoms. The van der Waals surface area contributed by atoms with Gasteiger partial charge in [0.2, 0.25) is 5.91 Å². The van der Waals surface area contributed by atoms with E-state index in [1.165, 1.54) is 10.5 Å². The number of urea groups is 1. The molecule has 3 rings (SSSR count). The van der Waals surface area contributed by atoms with Crippen LogP contribution in [-0.2, 0) is 4.79 Å². The van der Waals surface area contributed by atoms with E-state index in [0.717, 1.165) is 38.1 Å². The molecule has 1 aromatic rings. The Bertz CT molecular complexity index is 573. The number of hydrogen-bond donors (Lipinski definition) is 2. The summed E-state index contributed by atoms with van der Waals surface area (Å²) in [7, 11) is 0. The predicted molar refractivity (Wildman–Crippen MR) is 91.5 cm³/mol. The Kier molecular flexibility index (Phi) is 5.43. The summed E-state index contributed by atoms with van der Waals surface area (Å²) in [5.41, 5.74) is 1.19. The van der Waals surface area contributed by atoms with Gasteiger partial charge in [0.25, 0.3) is 0 Å². The van der Waals surface area contributed by atoms with Crippen LogP contribution >= 0.6 is 11.8 Å². The zero-order chi connectivity index (χ0) is 16.1. The van der Waals surface area contributed by atoms with Gasteiger partial charge in [-0.05, 0) is 30.9 Å². The number of likely N-dealkylation sites (tertiary alicyclic amines) is 1. The van der Waals surface area contributed by atoms with Crippen LogP contribution in [0.25, 0.3) is 0 Å². The number of benzene rings is 1. The summed E-state index contributed by atoms with van der Waals surface area (Å²) in [4.78, 5) is 27.1. The molecule has 0 aromatic heterocycles. The Hall–Kier alpha value is -1.69. The lowest BCUT2D eigenvalue weighted by atomic mass is 10.0. The van der Waals surface area contributed by atoms with Crippen molar-refractivity contribution in [2.45, 2.75) is 36.6 Å². The molecule has 0 bridgehead atoms. The Balaban J connectivity index is 1.44. The molecule has 6 heteroatoms. The van der Waals surface area contributed by atoms with Gasteiger partial charge in [-0.25, -0.2) is 4.79 Å². The molecule has 1 saturated heterocycles. The molecule has 0 aliphatic carbocycles. The molecule has 1 atom stereocenters. The molecule has 5 nitrogen and oxygen atoms in total. The molecule has 2 N–H and O–H groups in total. The quantitative estimate of drug-likeness (QED) is 0.890. The van der Waals surface area contributed by atoms with E-state index < -0.39 is 0 Å². The number of carbonyl (C=O) groups is 2. The highest BCUT2D eigenvalue weighted by molar-refractivity contribution is 7.99. The summed E-state index contributed by atoms with van der Waals surface area (Å²) in [6.07, 6.45) is 3.50. The van der Waals surface area contributed by atoms with E-state index in [-0.39, 0.29) is 18.0 Å². The minimum atomic E-state index is -0.189. The SMILES string of the molecule is O=C(NCCC(=O)N1CCCC1)NC1CCSc2ccccc21. The molecule has 3 amide bonds. The van der Waals surface area contributed by atoms with Crippen molar-refractivity contribution in [2.75, 3.05) is 25.4 Å². The monoisotopic (exact) mass is 333 g/mol. The first kappa shape index (κ1) is 16.2. The molecular formula is C17H23N3O2S. The second kappa shape index (κ2) is 7.73. The van der Waals surface area contributed by atoms with Crippen LogP contribution in [0.2, 0.25) is 0 Å². The fraction of sp³-hybridized carbons (Fsp3) is 0.529. The van der Waals surface area contributed by atoms with E-state index in [2.05, 4.69) is 22.8 Å². The largest absolute Gasteiger partial charge is 0.343 e. The van der Waals surface area contributed by atoms with Crippen molar-refractivity contribution >= 4 is 23.7 Å². The van der Waals surface area contributed by atoms with Crippen LogP contribution in [-0.4, -0.2) is 42.2 Å². The van der Waals surface area contributed by atoms with Crippen LogP contribution in [0.3, 0.4) is 0 Å². The van der Waals surface area contributed by atoms with Crippen molar-refractivity contribution < 1.29 is 9.59 Å². The van der Waals surface area contributed by atoms with Crippen LogP contribution in [0, 0.1) is 0 Å². The molecule has 2 aliphatic rings. The average molecular weight is 333 g/mol. The Labute approximate surface area is 141 Å². The highest BCUT2D eigenvalue weighted by Gasteiger charge is 2.22. The summed E-state index contributed by atoms with van der Waals surface area (Å²) in [6.45, 7) is 2.12. The summed E-state index contributed by atoms with van der Waals surface area (Å²) in [5.74, 6) is 1.15. The molecule has 2 aliphatic heterocycles. The number of rotatable bonds is 4. The lowest BCUT2D eigenvalue weighted by molar-refractivity contribution is -0.129. The number of fused-ring (bicyclic) bond motifs is 1. The van der Waals surface area contributed by atoms with E-state index in [1.807, 2.05) is 28.8 Å². The lowest BCUT2D eigenvalue weighted by Gasteiger charge is -2.26. The lowest BCUT2D eigenvalue weighted by Crippen LogP contribution is -2.40. The molecule has 0 radical (unpaired) electrons. The minimum absolute atomic E-state index is 0.0572. The van der Waals surface area contributed by atoms with Crippen molar-refractivity contribution in [2.24, 2.45) is 0 Å². The molecule has 124 valence electrons. The zero-order valence-electron chi connectivity index (χ0n) is 13.2. The topological polar surface area (TPSA) is 61.4 Å². The second-order valence-electron chi connectivity index (χ2n) is 5.97. The molecule has 1 unspecified atom stereocenters. The van der Waals surface area contributed by atoms with Gasteiger partial charge in [0.15, 0.2) is 0 Å². The van der Waals surface area contributed by atoms with Crippen LogP contribution in [0.4, 0.5) is 4.79 Å². The molecule has 0 saturated carbocycles. The third-order valence-electron chi connectivity index (χ3n) is 4.35. The van der Waals surface area contributed by atoms with E-state index in [1.54, 1.807) is 0 Å². The number of thioether (sulfide) groups is 1. The fourth-order valence-corrected chi connectivity index (χ4v) is 4.23. The number of hydrogen-bond acceptors (Lipinski definition) is 3. The fourth-order valence-electron chi connectivity index (χ4n) is 3.11. The predicted octanol–water partition coefficient (Wildman–Crippen LogP) is 2.54. The number of amides is 3. The Morgan fingerprint density at radius 3 is 2.83 bits per heavy atom. The smallest absolute Gasteiger partial charge is 0.315 e. The highest BCUT2D eigenvalue weighted by Crippen LogP contribution is 2.35. The van der Waals surface area contributed by atoms with Crippen LogP contribution in [0.1, 0.15) is 37.3 Å². The van der Waals surface area contributed by atoms with Gasteiger partial charge in [-0.1, -0.05) is 18.2 Å². The van der Waals surface area contributed by atoms with Gasteiger partial charge in [0.1, 0.15) is 0 Å². The molecule has 1 aromatic carbocycles. The van der Waals surface area contributed by atoms with E-state index in [0.29, 0.717) is 13.0 Å². The highest BCUT2D eigenvalue weighted by atomic mass is 32.2. The van der Waals surface area contributed by atoms with Gasteiger partial charge in [-0.2, -0.15) is 0 Å². The maximum Gasteiger partial charge on any atom is 0.315 e. The first-order valence-electron chi connectivity index (χ1n) is 8.28. The van der Waals surface area contributed by atoms with Crippen LogP contribution < -0.4 is 10.6 Å². The summed E-state index contributed by atoms with van der Waals surface area (Å²) < 4.78 is 0. The average Bonchev–Trinajstić information content (AvgIpc) is 3.10. The number of carbonyl (C=O) groups excluding carboxylic acids is 2. The number of nitrogens with zero attached hydrogens (tertiary/aromatic N) is 1. The van der Waals surface area contributed by atoms with Crippen molar-refractivity contribution in [3.8, 4) is 0 Å². The minimum Gasteiger partial charge on any atom is -0.343 e. The van der Waals surface area contributed by atoms with Gasteiger partial charge in [-0.3, -0.25) is 4.79 Å². The normalized spacial score (nSPS) is 20.0. The van der Waals surface area contributed by atoms with E-state index in [4.69, 9.17) is 0 Å². The molecule has 1 fully saturated rings. The van der Waals surface area contributed by atoms with Crippen molar-refractivity contribution in [1.82, 2.24) is 15.5 Å². The molecule has 0 spiro atoms. The maximum atomic E-state index is 12.1. The maximum absolute atomic E-state index is 12.1. The van der Waals surface area contributed by atoms with Crippen LogP contribution in [0.15, 0.2) is 29.2 Å². The summed E-state index contributed by atoms with van der Waals surface area (Å²) in [6, 6.07) is 8.07. The summed E-state index contributed by atoms with van der Waals surface area (Å²) in [5, 5.41) is 5.84. The third-order valence-corrected chi connectivity index (χ3v) is 5.47. The zero-order valence-corrected chi connectivity index (χ0v) is 14.0. The van der Waals surface area contributed by atoms with E-state index >= 15 is 0 Å². The first-order chi connectivity index (χ1) is 11.2. The third kappa shape index (κ3) is 4.19. The molecule has 2 heterocycles. The van der Waals surface area contributed by atoms with Gasteiger partial charge in [-0.15, -0.1) is 11.8 Å². The number of nitrogens with one attached hydrogen (secondary N) is 2. The van der Waals surface area contributed by atoms with Crippen molar-refractivity contribution in [3.05, 3.63) is 29.8 Å². The van der Waals surface area contributed by atoms with Gasteiger partial charge in [0.05, 0.1) is 6.04 Å². The van der Waals surface area contributed by atoms with Gasteiger partial charge >= 0.3 is 6.03 Å². The van der Waals surface area contributed by atoms with E-state index in [9.17, 15) is 9.59 Å². The van der Waals surface area contributed by atoms with Crippen molar-refractivity contribution in [1.29, 1.82) is 0 Å². The van der Waals surface area contributed by atoms with Crippen molar-refractivity contribution in [3.63, 3.8) is 0 Å². The Morgan fingerprint density at radius 1 is 1.22 bits per heavy atom. The van der Waals surface area contributed by atoms with Gasteiger partial charge in [0, 0.05) is 36.7 Å². The first-order valence-corrected chi connectivity index (χ1v) is 9.26. The second-order valence-corrected chi connectivity index (χ2v) is 7.10. The Morgan fingerprint density at radius 2 is 2.00 bits per heavy atom.